The second-order valence-corrected chi connectivity index (χ2v) is 6.60. The fourth-order valence-corrected chi connectivity index (χ4v) is 2.81. The Kier molecular flexibility index (Phi) is 11.5. The molecule has 3 nitrogen and oxygen atoms in total. The van der Waals surface area contributed by atoms with Crippen LogP contribution in [-0.4, -0.2) is 53.6 Å². The van der Waals surface area contributed by atoms with E-state index in [2.05, 4.69) is 14.0 Å². The van der Waals surface area contributed by atoms with Crippen molar-refractivity contribution in [3.63, 3.8) is 0 Å². The molecule has 0 aliphatic rings. The highest BCUT2D eigenvalue weighted by Gasteiger charge is 2.27. The van der Waals surface area contributed by atoms with Gasteiger partial charge in [0, 0.05) is 0 Å². The second kappa shape index (κ2) is 11.5. The zero-order valence-electron chi connectivity index (χ0n) is 14.3. The summed E-state index contributed by atoms with van der Waals surface area (Å²) in [7, 11) is 2.18. The fourth-order valence-electron chi connectivity index (χ4n) is 2.81. The molecular formula is C17H38NO2+. The quantitative estimate of drug-likeness (QED) is 0.403. The largest absolute Gasteiger partial charge is 0.387 e. The molecule has 2 N–H and O–H groups in total. The molecular weight excluding hydrogens is 250 g/mol. The molecule has 0 heterocycles. The molecule has 0 rings (SSSR count). The Bertz CT molecular complexity index is 209. The molecule has 3 heteroatoms. The van der Waals surface area contributed by atoms with Crippen molar-refractivity contribution in [2.24, 2.45) is 0 Å². The van der Waals surface area contributed by atoms with Gasteiger partial charge in [0.05, 0.1) is 13.6 Å². The van der Waals surface area contributed by atoms with Crippen LogP contribution >= 0.6 is 0 Å². The van der Waals surface area contributed by atoms with Crippen LogP contribution in [0, 0.1) is 0 Å². The van der Waals surface area contributed by atoms with Crippen molar-refractivity contribution in [2.45, 2.75) is 84.3 Å². The highest BCUT2D eigenvalue weighted by Crippen LogP contribution is 2.14. The van der Waals surface area contributed by atoms with Crippen molar-refractivity contribution < 1.29 is 14.7 Å². The number of aliphatic hydroxyl groups is 2. The zero-order valence-corrected chi connectivity index (χ0v) is 14.3. The summed E-state index contributed by atoms with van der Waals surface area (Å²) in [6, 6.07) is 0. The minimum atomic E-state index is -0.246. The van der Waals surface area contributed by atoms with Gasteiger partial charge in [0.15, 0.2) is 0 Å². The lowest BCUT2D eigenvalue weighted by Crippen LogP contribution is -2.53. The molecule has 0 saturated carbocycles. The molecule has 2 atom stereocenters. The summed E-state index contributed by atoms with van der Waals surface area (Å²) in [6.07, 6.45) is 8.88. The molecule has 0 aromatic rings. The van der Waals surface area contributed by atoms with Gasteiger partial charge in [0.1, 0.15) is 25.3 Å². The van der Waals surface area contributed by atoms with Crippen LogP contribution < -0.4 is 0 Å². The van der Waals surface area contributed by atoms with Crippen LogP contribution in [0.5, 0.6) is 0 Å². The van der Waals surface area contributed by atoms with Crippen LogP contribution in [0.4, 0.5) is 0 Å². The van der Waals surface area contributed by atoms with Crippen molar-refractivity contribution in [3.8, 4) is 0 Å². The Hall–Kier alpha value is -0.120. The second-order valence-electron chi connectivity index (χ2n) is 6.60. The van der Waals surface area contributed by atoms with E-state index in [-0.39, 0.29) is 12.2 Å². The standard InChI is InChI=1S/C17H38NO2/c1-5-8-9-10-11-12-13-18(4,14-16(19)6-2)15-17(20)7-3/h16-17,19-20H,5-15H2,1-4H3/q+1. The summed E-state index contributed by atoms with van der Waals surface area (Å²) in [5.41, 5.74) is 0. The summed E-state index contributed by atoms with van der Waals surface area (Å²) < 4.78 is 0.803. The lowest BCUT2D eigenvalue weighted by molar-refractivity contribution is -0.915. The summed E-state index contributed by atoms with van der Waals surface area (Å²) in [4.78, 5) is 0. The van der Waals surface area contributed by atoms with Gasteiger partial charge in [-0.1, -0.05) is 46.5 Å². The summed E-state index contributed by atoms with van der Waals surface area (Å²) >= 11 is 0. The Balaban J connectivity index is 4.16. The van der Waals surface area contributed by atoms with Crippen LogP contribution in [0.25, 0.3) is 0 Å². The van der Waals surface area contributed by atoms with E-state index in [4.69, 9.17) is 0 Å². The summed E-state index contributed by atoms with van der Waals surface area (Å²) in [5, 5.41) is 19.9. The van der Waals surface area contributed by atoms with Crippen LogP contribution in [0.3, 0.4) is 0 Å². The maximum Gasteiger partial charge on any atom is 0.105 e. The average molecular weight is 288 g/mol. The third-order valence-corrected chi connectivity index (χ3v) is 4.30. The highest BCUT2D eigenvalue weighted by molar-refractivity contribution is 4.57. The van der Waals surface area contributed by atoms with Crippen LogP contribution in [0.15, 0.2) is 0 Å². The molecule has 0 aliphatic heterocycles. The van der Waals surface area contributed by atoms with Gasteiger partial charge in [-0.25, -0.2) is 0 Å². The highest BCUT2D eigenvalue weighted by atomic mass is 16.3. The molecule has 0 aliphatic carbocycles. The number of hydrogen-bond acceptors (Lipinski definition) is 2. The number of quaternary nitrogens is 1. The Labute approximate surface area is 126 Å². The molecule has 0 spiro atoms. The van der Waals surface area contributed by atoms with E-state index in [1.54, 1.807) is 0 Å². The Morgan fingerprint density at radius 1 is 0.750 bits per heavy atom. The molecule has 0 fully saturated rings. The third kappa shape index (κ3) is 9.73. The van der Waals surface area contributed by atoms with Gasteiger partial charge >= 0.3 is 0 Å². The Morgan fingerprint density at radius 2 is 1.20 bits per heavy atom. The number of nitrogens with zero attached hydrogens (tertiary/aromatic N) is 1. The van der Waals surface area contributed by atoms with Gasteiger partial charge in [0.25, 0.3) is 0 Å². The smallest absolute Gasteiger partial charge is 0.105 e. The molecule has 122 valence electrons. The minimum absolute atomic E-state index is 0.246. The maximum absolute atomic E-state index is 9.95. The van der Waals surface area contributed by atoms with Crippen molar-refractivity contribution in [3.05, 3.63) is 0 Å². The van der Waals surface area contributed by atoms with Crippen LogP contribution in [0.2, 0.25) is 0 Å². The van der Waals surface area contributed by atoms with E-state index in [1.165, 1.54) is 38.5 Å². The van der Waals surface area contributed by atoms with Crippen molar-refractivity contribution >= 4 is 0 Å². The van der Waals surface area contributed by atoms with Gasteiger partial charge < -0.3 is 14.7 Å². The molecule has 0 aromatic heterocycles. The van der Waals surface area contributed by atoms with Gasteiger partial charge in [0.2, 0.25) is 0 Å². The van der Waals surface area contributed by atoms with E-state index in [9.17, 15) is 10.2 Å². The zero-order chi connectivity index (χ0) is 15.4. The monoisotopic (exact) mass is 288 g/mol. The first-order valence-electron chi connectivity index (χ1n) is 8.67. The molecule has 2 unspecified atom stereocenters. The van der Waals surface area contributed by atoms with E-state index < -0.39 is 0 Å². The van der Waals surface area contributed by atoms with Gasteiger partial charge in [-0.05, 0) is 25.7 Å². The first kappa shape index (κ1) is 19.9. The third-order valence-electron chi connectivity index (χ3n) is 4.30. The van der Waals surface area contributed by atoms with Crippen LogP contribution in [0.1, 0.15) is 72.1 Å². The number of hydrogen-bond donors (Lipinski definition) is 2. The molecule has 0 bridgehead atoms. The van der Waals surface area contributed by atoms with E-state index in [0.29, 0.717) is 0 Å². The van der Waals surface area contributed by atoms with Gasteiger partial charge in [-0.15, -0.1) is 0 Å². The number of likely N-dealkylation sites (N-methyl/N-ethyl adjacent to an activating group) is 1. The first-order valence-corrected chi connectivity index (χ1v) is 8.67. The lowest BCUT2D eigenvalue weighted by Gasteiger charge is -2.37. The summed E-state index contributed by atoms with van der Waals surface area (Å²) in [6.45, 7) is 8.89. The molecule has 0 radical (unpaired) electrons. The number of unbranched alkanes of at least 4 members (excludes halogenated alkanes) is 5. The maximum atomic E-state index is 9.95. The van der Waals surface area contributed by atoms with Gasteiger partial charge in [-0.2, -0.15) is 0 Å². The van der Waals surface area contributed by atoms with E-state index in [1.807, 2.05) is 13.8 Å². The predicted molar refractivity (Wildman–Crippen MR) is 86.8 cm³/mol. The number of rotatable bonds is 13. The van der Waals surface area contributed by atoms with E-state index >= 15 is 0 Å². The predicted octanol–water partition coefficient (Wildman–Crippen LogP) is 3.34. The SMILES string of the molecule is CCCCCCCC[N+](C)(CC(O)CC)CC(O)CC. The van der Waals surface area contributed by atoms with Crippen LogP contribution in [-0.2, 0) is 0 Å². The van der Waals surface area contributed by atoms with Gasteiger partial charge in [-0.3, -0.25) is 0 Å². The van der Waals surface area contributed by atoms with Crippen molar-refractivity contribution in [1.29, 1.82) is 0 Å². The molecule has 0 amide bonds. The Morgan fingerprint density at radius 3 is 1.65 bits per heavy atom. The minimum Gasteiger partial charge on any atom is -0.387 e. The normalized spacial score (nSPS) is 17.7. The number of aliphatic hydroxyl groups excluding tert-OH is 2. The summed E-state index contributed by atoms with van der Waals surface area (Å²) in [5.74, 6) is 0. The fraction of sp³-hybridized carbons (Fsp3) is 1.00. The lowest BCUT2D eigenvalue weighted by atomic mass is 10.1. The van der Waals surface area contributed by atoms with E-state index in [0.717, 1.165) is 37.0 Å². The first-order chi connectivity index (χ1) is 9.47. The molecule has 20 heavy (non-hydrogen) atoms. The van der Waals surface area contributed by atoms with Crippen molar-refractivity contribution in [2.75, 3.05) is 26.7 Å². The topological polar surface area (TPSA) is 40.5 Å². The van der Waals surface area contributed by atoms with Crippen molar-refractivity contribution in [1.82, 2.24) is 0 Å². The molecule has 0 saturated heterocycles. The molecule has 0 aromatic carbocycles. The average Bonchev–Trinajstić information content (AvgIpc) is 2.42.